The Hall–Kier alpha value is -1.65. The summed E-state index contributed by atoms with van der Waals surface area (Å²) in [5.74, 6) is 1.32. The van der Waals surface area contributed by atoms with Crippen LogP contribution in [0.4, 0.5) is 5.82 Å². The van der Waals surface area contributed by atoms with Crippen LogP contribution in [0.5, 0.6) is 0 Å². The van der Waals surface area contributed by atoms with Crippen LogP contribution in [0, 0.1) is 11.8 Å². The Bertz CT molecular complexity index is 430. The molecule has 1 aromatic rings. The highest BCUT2D eigenvalue weighted by atomic mass is 16.1. The van der Waals surface area contributed by atoms with Gasteiger partial charge in [-0.05, 0) is 24.7 Å². The fourth-order valence-corrected chi connectivity index (χ4v) is 2.83. The first-order valence-corrected chi connectivity index (χ1v) is 6.96. The molecule has 0 aromatic carbocycles. The molecule has 3 N–H and O–H groups in total. The van der Waals surface area contributed by atoms with Gasteiger partial charge in [-0.15, -0.1) is 0 Å². The van der Waals surface area contributed by atoms with Crippen molar-refractivity contribution in [2.75, 3.05) is 5.73 Å². The van der Waals surface area contributed by atoms with Crippen LogP contribution in [-0.2, 0) is 0 Å². The van der Waals surface area contributed by atoms with Crippen LogP contribution in [0.2, 0.25) is 0 Å². The van der Waals surface area contributed by atoms with Crippen LogP contribution in [-0.4, -0.2) is 21.9 Å². The lowest BCUT2D eigenvalue weighted by molar-refractivity contribution is 0.0883. The maximum Gasteiger partial charge on any atom is 0.271 e. The molecule has 1 fully saturated rings. The molecule has 1 aliphatic carbocycles. The van der Waals surface area contributed by atoms with Crippen LogP contribution in [0.3, 0.4) is 0 Å². The van der Waals surface area contributed by atoms with Crippen molar-refractivity contribution < 1.29 is 4.79 Å². The molecule has 104 valence electrons. The van der Waals surface area contributed by atoms with Crippen LogP contribution in [0.25, 0.3) is 0 Å². The van der Waals surface area contributed by atoms with Crippen molar-refractivity contribution in [3.8, 4) is 0 Å². The summed E-state index contributed by atoms with van der Waals surface area (Å²) < 4.78 is 0. The Labute approximate surface area is 114 Å². The zero-order valence-electron chi connectivity index (χ0n) is 11.6. The third-order valence-corrected chi connectivity index (χ3v) is 3.90. The number of anilines is 1. The number of rotatable bonds is 3. The lowest BCUT2D eigenvalue weighted by atomic mass is 9.78. The minimum Gasteiger partial charge on any atom is -0.382 e. The molecule has 19 heavy (non-hydrogen) atoms. The van der Waals surface area contributed by atoms with Gasteiger partial charge >= 0.3 is 0 Å². The molecule has 0 aliphatic heterocycles. The van der Waals surface area contributed by atoms with E-state index in [0.717, 1.165) is 6.42 Å². The van der Waals surface area contributed by atoms with Gasteiger partial charge in [0.15, 0.2) is 0 Å². The van der Waals surface area contributed by atoms with Gasteiger partial charge in [0.1, 0.15) is 11.5 Å². The van der Waals surface area contributed by atoms with E-state index in [1.807, 2.05) is 0 Å². The van der Waals surface area contributed by atoms with Gasteiger partial charge < -0.3 is 11.1 Å². The predicted octanol–water partition coefficient (Wildman–Crippen LogP) is 2.00. The van der Waals surface area contributed by atoms with Crippen molar-refractivity contribution in [3.05, 3.63) is 18.1 Å². The zero-order chi connectivity index (χ0) is 13.8. The molecule has 1 aromatic heterocycles. The number of carbonyl (C=O) groups excluding carboxylic acids is 1. The Balaban J connectivity index is 2.02. The second-order valence-corrected chi connectivity index (χ2v) is 5.60. The SMILES string of the molecule is CC(C)C1CCCCC1NC(=O)c1cnc(N)cn1. The summed E-state index contributed by atoms with van der Waals surface area (Å²) in [4.78, 5) is 20.1. The van der Waals surface area contributed by atoms with Crippen molar-refractivity contribution in [2.24, 2.45) is 11.8 Å². The second kappa shape index (κ2) is 5.99. The first-order chi connectivity index (χ1) is 9.08. The van der Waals surface area contributed by atoms with Gasteiger partial charge in [-0.2, -0.15) is 0 Å². The average molecular weight is 262 g/mol. The Morgan fingerprint density at radius 2 is 2.05 bits per heavy atom. The smallest absolute Gasteiger partial charge is 0.271 e. The van der Waals surface area contributed by atoms with Gasteiger partial charge in [0, 0.05) is 6.04 Å². The summed E-state index contributed by atoms with van der Waals surface area (Å²) in [6.45, 7) is 4.44. The maximum absolute atomic E-state index is 12.1. The molecular formula is C14H22N4O. The van der Waals surface area contributed by atoms with Gasteiger partial charge in [-0.1, -0.05) is 26.7 Å². The number of amides is 1. The van der Waals surface area contributed by atoms with Crippen molar-refractivity contribution >= 4 is 11.7 Å². The van der Waals surface area contributed by atoms with Crippen LogP contribution in [0.1, 0.15) is 50.0 Å². The zero-order valence-corrected chi connectivity index (χ0v) is 11.6. The maximum atomic E-state index is 12.1. The highest BCUT2D eigenvalue weighted by Gasteiger charge is 2.29. The standard InChI is InChI=1S/C14H22N4O/c1-9(2)10-5-3-4-6-11(10)18-14(19)12-7-17-13(15)8-16-12/h7-11H,3-6H2,1-2H3,(H2,15,17)(H,18,19). The van der Waals surface area contributed by atoms with Crippen LogP contribution in [0.15, 0.2) is 12.4 Å². The number of hydrogen-bond donors (Lipinski definition) is 2. The summed E-state index contributed by atoms with van der Waals surface area (Å²) in [6.07, 6.45) is 7.53. The van der Waals surface area contributed by atoms with Gasteiger partial charge in [0.25, 0.3) is 5.91 Å². The molecule has 1 heterocycles. The molecule has 1 amide bonds. The first kappa shape index (κ1) is 13.8. The molecule has 2 unspecified atom stereocenters. The van der Waals surface area contributed by atoms with E-state index >= 15 is 0 Å². The summed E-state index contributed by atoms with van der Waals surface area (Å²) in [5, 5.41) is 3.10. The number of nitrogens with two attached hydrogens (primary N) is 1. The third-order valence-electron chi connectivity index (χ3n) is 3.90. The summed E-state index contributed by atoms with van der Waals surface area (Å²) in [5.41, 5.74) is 5.80. The Morgan fingerprint density at radius 1 is 1.32 bits per heavy atom. The average Bonchev–Trinajstić information content (AvgIpc) is 2.39. The normalized spacial score (nSPS) is 23.3. The molecule has 0 saturated heterocycles. The molecule has 2 atom stereocenters. The van der Waals surface area contributed by atoms with E-state index in [2.05, 4.69) is 29.1 Å². The van der Waals surface area contributed by atoms with Crippen molar-refractivity contribution in [1.82, 2.24) is 15.3 Å². The van der Waals surface area contributed by atoms with E-state index in [0.29, 0.717) is 23.3 Å². The molecule has 0 bridgehead atoms. The molecular weight excluding hydrogens is 240 g/mol. The second-order valence-electron chi connectivity index (χ2n) is 5.60. The lowest BCUT2D eigenvalue weighted by Gasteiger charge is -2.34. The summed E-state index contributed by atoms with van der Waals surface area (Å²) in [7, 11) is 0. The van der Waals surface area contributed by atoms with Crippen LogP contribution >= 0.6 is 0 Å². The monoisotopic (exact) mass is 262 g/mol. The molecule has 0 radical (unpaired) electrons. The quantitative estimate of drug-likeness (QED) is 0.873. The largest absolute Gasteiger partial charge is 0.382 e. The van der Waals surface area contributed by atoms with E-state index in [1.54, 1.807) is 0 Å². The van der Waals surface area contributed by atoms with Crippen molar-refractivity contribution in [1.29, 1.82) is 0 Å². The molecule has 1 saturated carbocycles. The molecule has 5 heteroatoms. The Morgan fingerprint density at radius 3 is 2.68 bits per heavy atom. The number of carbonyl (C=O) groups is 1. The lowest BCUT2D eigenvalue weighted by Crippen LogP contribution is -2.44. The minimum absolute atomic E-state index is 0.148. The van der Waals surface area contributed by atoms with Gasteiger partial charge in [-0.25, -0.2) is 9.97 Å². The van der Waals surface area contributed by atoms with E-state index in [4.69, 9.17) is 5.73 Å². The summed E-state index contributed by atoms with van der Waals surface area (Å²) >= 11 is 0. The van der Waals surface area contributed by atoms with E-state index in [-0.39, 0.29) is 11.9 Å². The number of aromatic nitrogens is 2. The highest BCUT2D eigenvalue weighted by Crippen LogP contribution is 2.30. The third kappa shape index (κ3) is 3.43. The highest BCUT2D eigenvalue weighted by molar-refractivity contribution is 5.92. The number of nitrogens with zero attached hydrogens (tertiary/aromatic N) is 2. The minimum atomic E-state index is -0.148. The predicted molar refractivity (Wildman–Crippen MR) is 74.5 cm³/mol. The number of hydrogen-bond acceptors (Lipinski definition) is 4. The molecule has 1 aliphatic rings. The Kier molecular flexibility index (Phi) is 4.35. The molecule has 5 nitrogen and oxygen atoms in total. The van der Waals surface area contributed by atoms with Gasteiger partial charge in [-0.3, -0.25) is 4.79 Å². The van der Waals surface area contributed by atoms with Gasteiger partial charge in [0.2, 0.25) is 0 Å². The van der Waals surface area contributed by atoms with E-state index in [9.17, 15) is 4.79 Å². The number of nitrogen functional groups attached to an aromatic ring is 1. The fourth-order valence-electron chi connectivity index (χ4n) is 2.83. The number of nitrogens with one attached hydrogen (secondary N) is 1. The van der Waals surface area contributed by atoms with Crippen molar-refractivity contribution in [3.63, 3.8) is 0 Å². The molecule has 2 rings (SSSR count). The van der Waals surface area contributed by atoms with Gasteiger partial charge in [0.05, 0.1) is 12.4 Å². The topological polar surface area (TPSA) is 80.9 Å². The van der Waals surface area contributed by atoms with E-state index in [1.165, 1.54) is 31.7 Å². The fraction of sp³-hybridized carbons (Fsp3) is 0.643. The first-order valence-electron chi connectivity index (χ1n) is 6.96. The van der Waals surface area contributed by atoms with Crippen LogP contribution < -0.4 is 11.1 Å². The molecule has 0 spiro atoms. The van der Waals surface area contributed by atoms with E-state index < -0.39 is 0 Å². The van der Waals surface area contributed by atoms with Crippen molar-refractivity contribution in [2.45, 2.75) is 45.6 Å². The summed E-state index contributed by atoms with van der Waals surface area (Å²) in [6, 6.07) is 0.251.